The minimum Gasteiger partial charge on any atom is -0.385 e. The molecule has 4 heteroatoms. The molecule has 0 atom stereocenters. The Morgan fingerprint density at radius 1 is 1.30 bits per heavy atom. The molecule has 0 bridgehead atoms. The number of carbonyl (C=O) groups is 1. The van der Waals surface area contributed by atoms with Crippen molar-refractivity contribution in [2.45, 2.75) is 26.7 Å². The number of hydrogen-bond donors (Lipinski definition) is 1. The molecule has 1 aromatic carbocycles. The summed E-state index contributed by atoms with van der Waals surface area (Å²) in [6.07, 6.45) is 3.73. The lowest BCUT2D eigenvalue weighted by atomic mass is 10.0. The van der Waals surface area contributed by atoms with Gasteiger partial charge in [0.15, 0.2) is 0 Å². The zero-order valence-corrected chi connectivity index (χ0v) is 13.7. The minimum atomic E-state index is -0.0228. The number of benzene rings is 1. The van der Waals surface area contributed by atoms with Gasteiger partial charge in [0.1, 0.15) is 5.69 Å². The normalized spacial score (nSPS) is 13.8. The van der Waals surface area contributed by atoms with Crippen molar-refractivity contribution >= 4 is 17.3 Å². The molecule has 0 radical (unpaired) electrons. The third kappa shape index (κ3) is 3.52. The van der Waals surface area contributed by atoms with Crippen molar-refractivity contribution in [2.75, 3.05) is 23.3 Å². The lowest BCUT2D eigenvalue weighted by Gasteiger charge is -2.29. The van der Waals surface area contributed by atoms with Gasteiger partial charge in [0.05, 0.1) is 0 Å². The lowest BCUT2D eigenvalue weighted by Crippen LogP contribution is -2.36. The smallest absolute Gasteiger partial charge is 0.276 e. The molecule has 0 saturated carbocycles. The van der Waals surface area contributed by atoms with Gasteiger partial charge in [-0.1, -0.05) is 32.0 Å². The molecule has 0 aliphatic carbocycles. The van der Waals surface area contributed by atoms with Crippen LogP contribution in [-0.4, -0.2) is 24.0 Å². The van der Waals surface area contributed by atoms with Gasteiger partial charge in [0.2, 0.25) is 0 Å². The second kappa shape index (κ2) is 6.82. The maximum atomic E-state index is 12.9. The molecule has 1 aliphatic heterocycles. The quantitative estimate of drug-likeness (QED) is 0.935. The molecule has 3 rings (SSSR count). The molecule has 120 valence electrons. The number of nitrogens with one attached hydrogen (secondary N) is 1. The van der Waals surface area contributed by atoms with E-state index in [-0.39, 0.29) is 5.91 Å². The van der Waals surface area contributed by atoms with E-state index in [4.69, 9.17) is 0 Å². The van der Waals surface area contributed by atoms with Crippen LogP contribution in [0.5, 0.6) is 0 Å². The Morgan fingerprint density at radius 3 is 2.96 bits per heavy atom. The first-order valence-electron chi connectivity index (χ1n) is 8.25. The van der Waals surface area contributed by atoms with Gasteiger partial charge in [0, 0.05) is 30.7 Å². The topological polar surface area (TPSA) is 45.2 Å². The van der Waals surface area contributed by atoms with Crippen molar-refractivity contribution in [3.8, 4) is 0 Å². The fourth-order valence-corrected chi connectivity index (χ4v) is 2.86. The number of amides is 1. The number of fused-ring (bicyclic) bond motifs is 1. The summed E-state index contributed by atoms with van der Waals surface area (Å²) in [5, 5.41) is 3.35. The molecule has 0 fully saturated rings. The molecule has 1 aromatic heterocycles. The highest BCUT2D eigenvalue weighted by molar-refractivity contribution is 6.05. The average molecular weight is 309 g/mol. The fraction of sp³-hybridized carbons (Fsp3) is 0.368. The number of carbonyl (C=O) groups excluding carboxylic acids is 1. The van der Waals surface area contributed by atoms with Crippen LogP contribution in [0.2, 0.25) is 0 Å². The van der Waals surface area contributed by atoms with Gasteiger partial charge < -0.3 is 10.2 Å². The second-order valence-corrected chi connectivity index (χ2v) is 6.39. The van der Waals surface area contributed by atoms with Crippen LogP contribution in [-0.2, 0) is 6.42 Å². The van der Waals surface area contributed by atoms with E-state index in [1.54, 1.807) is 6.20 Å². The van der Waals surface area contributed by atoms with Gasteiger partial charge in [-0.2, -0.15) is 0 Å². The second-order valence-electron chi connectivity index (χ2n) is 6.39. The molecule has 4 nitrogen and oxygen atoms in total. The van der Waals surface area contributed by atoms with Crippen LogP contribution >= 0.6 is 0 Å². The molecule has 0 unspecified atom stereocenters. The van der Waals surface area contributed by atoms with E-state index in [1.165, 1.54) is 5.56 Å². The molecule has 1 amide bonds. The Kier molecular flexibility index (Phi) is 4.60. The summed E-state index contributed by atoms with van der Waals surface area (Å²) in [7, 11) is 0. The third-order valence-electron chi connectivity index (χ3n) is 4.05. The van der Waals surface area contributed by atoms with E-state index in [2.05, 4.69) is 30.2 Å². The molecular formula is C19H23N3O. The van der Waals surface area contributed by atoms with E-state index in [0.717, 1.165) is 37.3 Å². The monoisotopic (exact) mass is 309 g/mol. The third-order valence-corrected chi connectivity index (χ3v) is 4.05. The van der Waals surface area contributed by atoms with Crippen LogP contribution in [0.15, 0.2) is 42.6 Å². The average Bonchev–Trinajstić information content (AvgIpc) is 2.59. The van der Waals surface area contributed by atoms with Crippen LogP contribution in [0.4, 0.5) is 11.4 Å². The van der Waals surface area contributed by atoms with Gasteiger partial charge in [0.25, 0.3) is 5.91 Å². The summed E-state index contributed by atoms with van der Waals surface area (Å²) in [4.78, 5) is 19.0. The number of anilines is 2. The Labute approximate surface area is 137 Å². The number of rotatable bonds is 4. The highest BCUT2D eigenvalue weighted by atomic mass is 16.2. The van der Waals surface area contributed by atoms with Gasteiger partial charge in [-0.25, -0.2) is 0 Å². The number of aryl methyl sites for hydroxylation is 1. The summed E-state index contributed by atoms with van der Waals surface area (Å²) in [6, 6.07) is 11.9. The standard InChI is InChI=1S/C19H23N3O/c1-14(2)13-21-16-9-10-20-17(12-16)19(23)22-11-5-7-15-6-3-4-8-18(15)22/h3-4,6,8-10,12,14H,5,7,11,13H2,1-2H3,(H,20,21). The maximum Gasteiger partial charge on any atom is 0.276 e. The van der Waals surface area contributed by atoms with Crippen molar-refractivity contribution < 1.29 is 4.79 Å². The Morgan fingerprint density at radius 2 is 2.13 bits per heavy atom. The van der Waals surface area contributed by atoms with Gasteiger partial charge in [-0.05, 0) is 42.5 Å². The van der Waals surface area contributed by atoms with Crippen molar-refractivity contribution in [3.63, 3.8) is 0 Å². The van der Waals surface area contributed by atoms with E-state index < -0.39 is 0 Å². The van der Waals surface area contributed by atoms with Crippen LogP contribution in [0.25, 0.3) is 0 Å². The predicted octanol–water partition coefficient (Wildman–Crippen LogP) is 3.74. The van der Waals surface area contributed by atoms with E-state index in [9.17, 15) is 4.79 Å². The van der Waals surface area contributed by atoms with Crippen molar-refractivity contribution in [3.05, 3.63) is 53.9 Å². The van der Waals surface area contributed by atoms with E-state index in [1.807, 2.05) is 35.2 Å². The molecule has 1 aliphatic rings. The van der Waals surface area contributed by atoms with Crippen LogP contribution in [0, 0.1) is 5.92 Å². The number of aromatic nitrogens is 1. The molecule has 1 N–H and O–H groups in total. The summed E-state index contributed by atoms with van der Waals surface area (Å²) < 4.78 is 0. The summed E-state index contributed by atoms with van der Waals surface area (Å²) >= 11 is 0. The van der Waals surface area contributed by atoms with Gasteiger partial charge in [-0.3, -0.25) is 9.78 Å². The van der Waals surface area contributed by atoms with E-state index >= 15 is 0 Å². The van der Waals surface area contributed by atoms with Crippen molar-refractivity contribution in [1.29, 1.82) is 0 Å². The van der Waals surface area contributed by atoms with Gasteiger partial charge in [-0.15, -0.1) is 0 Å². The Balaban J connectivity index is 1.83. The molecular weight excluding hydrogens is 286 g/mol. The molecule has 2 heterocycles. The fourth-order valence-electron chi connectivity index (χ4n) is 2.86. The molecule has 0 saturated heterocycles. The maximum absolute atomic E-state index is 12.9. The number of hydrogen-bond acceptors (Lipinski definition) is 3. The first kappa shape index (κ1) is 15.5. The number of para-hydroxylation sites is 1. The largest absolute Gasteiger partial charge is 0.385 e. The predicted molar refractivity (Wildman–Crippen MR) is 94.0 cm³/mol. The Hall–Kier alpha value is -2.36. The summed E-state index contributed by atoms with van der Waals surface area (Å²) in [5.41, 5.74) is 3.70. The van der Waals surface area contributed by atoms with E-state index in [0.29, 0.717) is 11.6 Å². The molecule has 23 heavy (non-hydrogen) atoms. The van der Waals surface area contributed by atoms with Crippen LogP contribution in [0.1, 0.15) is 36.3 Å². The summed E-state index contributed by atoms with van der Waals surface area (Å²) in [6.45, 7) is 5.95. The zero-order valence-electron chi connectivity index (χ0n) is 13.7. The van der Waals surface area contributed by atoms with Crippen LogP contribution in [0.3, 0.4) is 0 Å². The number of nitrogens with zero attached hydrogens (tertiary/aromatic N) is 2. The minimum absolute atomic E-state index is 0.0228. The number of pyridine rings is 1. The molecule has 0 spiro atoms. The highest BCUT2D eigenvalue weighted by Crippen LogP contribution is 2.28. The lowest BCUT2D eigenvalue weighted by molar-refractivity contribution is 0.0980. The first-order chi connectivity index (χ1) is 11.1. The SMILES string of the molecule is CC(C)CNc1ccnc(C(=O)N2CCCc3ccccc32)c1. The van der Waals surface area contributed by atoms with Crippen LogP contribution < -0.4 is 10.2 Å². The first-order valence-corrected chi connectivity index (χ1v) is 8.25. The van der Waals surface area contributed by atoms with Gasteiger partial charge >= 0.3 is 0 Å². The van der Waals surface area contributed by atoms with Crippen molar-refractivity contribution in [2.24, 2.45) is 5.92 Å². The van der Waals surface area contributed by atoms with Crippen molar-refractivity contribution in [1.82, 2.24) is 4.98 Å². The highest BCUT2D eigenvalue weighted by Gasteiger charge is 2.24. The zero-order chi connectivity index (χ0) is 16.2. The molecule has 2 aromatic rings. The Bertz CT molecular complexity index is 697. The summed E-state index contributed by atoms with van der Waals surface area (Å²) in [5.74, 6) is 0.529.